The maximum atomic E-state index is 6.25. The topological polar surface area (TPSA) is 9.23 Å². The van der Waals surface area contributed by atoms with Crippen LogP contribution in [0.4, 0.5) is 0 Å². The summed E-state index contributed by atoms with van der Waals surface area (Å²) in [6, 6.07) is 17.3. The maximum absolute atomic E-state index is 6.25. The minimum atomic E-state index is -1.22. The van der Waals surface area contributed by atoms with Crippen LogP contribution in [0.5, 0.6) is 11.5 Å². The average Bonchev–Trinajstić information content (AvgIpc) is 2.60. The van der Waals surface area contributed by atoms with Crippen molar-refractivity contribution in [1.29, 1.82) is 0 Å². The number of hydrogen-bond donors (Lipinski definition) is 0. The summed E-state index contributed by atoms with van der Waals surface area (Å²) in [5.74, 6) is 3.19. The second-order valence-electron chi connectivity index (χ2n) is 6.33. The second-order valence-corrected chi connectivity index (χ2v) is 10.2. The molecule has 2 aromatic rings. The van der Waals surface area contributed by atoms with E-state index in [4.69, 9.17) is 4.74 Å². The zero-order valence-electron chi connectivity index (χ0n) is 13.7. The molecule has 0 bridgehead atoms. The van der Waals surface area contributed by atoms with Gasteiger partial charge in [-0.25, -0.2) is 0 Å². The number of para-hydroxylation sites is 2. The van der Waals surface area contributed by atoms with Gasteiger partial charge in [-0.3, -0.25) is 0 Å². The Morgan fingerprint density at radius 2 is 1.57 bits per heavy atom. The summed E-state index contributed by atoms with van der Waals surface area (Å²) >= 11 is 0. The van der Waals surface area contributed by atoms with E-state index >= 15 is 0 Å². The Kier molecular flexibility index (Phi) is 3.38. The van der Waals surface area contributed by atoms with Crippen molar-refractivity contribution in [3.8, 4) is 11.5 Å². The Balaban J connectivity index is 2.06. The van der Waals surface area contributed by atoms with E-state index in [0.29, 0.717) is 0 Å². The normalized spacial score (nSPS) is 25.1. The zero-order valence-corrected chi connectivity index (χ0v) is 14.5. The van der Waals surface area contributed by atoms with Crippen LogP contribution < -0.4 is 4.74 Å². The lowest BCUT2D eigenvalue weighted by Crippen LogP contribution is -2.34. The number of benzene rings is 2. The van der Waals surface area contributed by atoms with E-state index in [-0.39, 0.29) is 4.75 Å². The molecule has 0 radical (unpaired) electrons. The minimum Gasteiger partial charge on any atom is -0.455 e. The van der Waals surface area contributed by atoms with Crippen LogP contribution in [-0.2, 0) is 0 Å². The first-order valence-electron chi connectivity index (χ1n) is 8.22. The fourth-order valence-electron chi connectivity index (χ4n) is 3.99. The molecular formula is C21H22OS. The first-order valence-corrected chi connectivity index (χ1v) is 10.0. The summed E-state index contributed by atoms with van der Waals surface area (Å²) < 4.78 is 6.37. The molecule has 2 heteroatoms. The zero-order chi connectivity index (χ0) is 15.9. The third kappa shape index (κ3) is 1.94. The Hall–Kier alpha value is -1.93. The summed E-state index contributed by atoms with van der Waals surface area (Å²) in [6.07, 6.45) is 10.2. The smallest absolute Gasteiger partial charge is 0.139 e. The molecule has 0 fully saturated rings. The molecule has 1 atom stereocenters. The summed E-state index contributed by atoms with van der Waals surface area (Å²) in [6.45, 7) is 4.76. The number of ether oxygens (including phenoxy) is 1. The van der Waals surface area contributed by atoms with Crippen LogP contribution in [0, 0.1) is 0 Å². The Bertz CT molecular complexity index is 759. The Morgan fingerprint density at radius 3 is 2.09 bits per heavy atom. The van der Waals surface area contributed by atoms with Crippen LogP contribution in [0.25, 0.3) is 0 Å². The SMILES string of the molecule is CCS1(C2(C)C=CC=CC2)c2ccccc2Oc2ccccc21. The van der Waals surface area contributed by atoms with E-state index in [1.165, 1.54) is 9.79 Å². The molecule has 0 saturated heterocycles. The van der Waals surface area contributed by atoms with Gasteiger partial charge in [-0.2, -0.15) is 10.0 Å². The summed E-state index contributed by atoms with van der Waals surface area (Å²) in [7, 11) is -1.22. The fraction of sp³-hybridized carbons (Fsp3) is 0.238. The number of hydrogen-bond acceptors (Lipinski definition) is 1. The van der Waals surface area contributed by atoms with Crippen molar-refractivity contribution in [3.63, 3.8) is 0 Å². The highest BCUT2D eigenvalue weighted by Crippen LogP contribution is 2.77. The molecule has 118 valence electrons. The Morgan fingerprint density at radius 1 is 0.957 bits per heavy atom. The quantitative estimate of drug-likeness (QED) is 0.629. The molecule has 1 aliphatic carbocycles. The van der Waals surface area contributed by atoms with E-state index in [1.54, 1.807) is 0 Å². The lowest BCUT2D eigenvalue weighted by atomic mass is 10.0. The highest BCUT2D eigenvalue weighted by atomic mass is 32.3. The summed E-state index contributed by atoms with van der Waals surface area (Å²) in [5, 5.41) is 0. The highest BCUT2D eigenvalue weighted by molar-refractivity contribution is 8.35. The van der Waals surface area contributed by atoms with E-state index in [0.717, 1.165) is 23.7 Å². The molecule has 2 aliphatic rings. The van der Waals surface area contributed by atoms with Crippen LogP contribution in [0.2, 0.25) is 0 Å². The van der Waals surface area contributed by atoms with Gasteiger partial charge >= 0.3 is 0 Å². The molecule has 1 heterocycles. The van der Waals surface area contributed by atoms with Gasteiger partial charge < -0.3 is 4.74 Å². The van der Waals surface area contributed by atoms with Gasteiger partial charge in [0, 0.05) is 14.5 Å². The van der Waals surface area contributed by atoms with Crippen LogP contribution in [-0.4, -0.2) is 10.5 Å². The van der Waals surface area contributed by atoms with E-state index in [2.05, 4.69) is 86.7 Å². The van der Waals surface area contributed by atoms with Crippen LogP contribution in [0.1, 0.15) is 20.3 Å². The molecule has 1 aliphatic heterocycles. The standard InChI is InChI=1S/C21H22OS/c1-3-23(21(2)15-9-4-10-16-21)19-13-7-5-11-17(19)22-18-12-6-8-14-20(18)23/h4-15H,3,16H2,1-2H3. The highest BCUT2D eigenvalue weighted by Gasteiger charge is 2.48. The summed E-state index contributed by atoms with van der Waals surface area (Å²) in [5.41, 5.74) is 0. The van der Waals surface area contributed by atoms with Gasteiger partial charge in [-0.05, 0) is 43.4 Å². The monoisotopic (exact) mass is 322 g/mol. The van der Waals surface area contributed by atoms with Gasteiger partial charge in [0.2, 0.25) is 0 Å². The van der Waals surface area contributed by atoms with Crippen LogP contribution in [0.15, 0.2) is 82.6 Å². The number of allylic oxidation sites excluding steroid dienone is 3. The van der Waals surface area contributed by atoms with E-state index in [9.17, 15) is 0 Å². The predicted octanol–water partition coefficient (Wildman–Crippen LogP) is 6.31. The molecular weight excluding hydrogens is 300 g/mol. The average molecular weight is 322 g/mol. The fourth-order valence-corrected chi connectivity index (χ4v) is 8.73. The van der Waals surface area contributed by atoms with Crippen LogP contribution >= 0.6 is 10.0 Å². The third-order valence-electron chi connectivity index (χ3n) is 5.12. The molecule has 2 aromatic carbocycles. The molecule has 0 aromatic heterocycles. The lowest BCUT2D eigenvalue weighted by Gasteiger charge is -2.55. The van der Waals surface area contributed by atoms with Gasteiger partial charge in [-0.1, -0.05) is 55.5 Å². The Labute approximate surface area is 140 Å². The van der Waals surface area contributed by atoms with Crippen molar-refractivity contribution in [1.82, 2.24) is 0 Å². The van der Waals surface area contributed by atoms with Crippen molar-refractivity contribution in [3.05, 3.63) is 72.8 Å². The molecule has 0 spiro atoms. The van der Waals surface area contributed by atoms with Gasteiger partial charge in [0.25, 0.3) is 0 Å². The van der Waals surface area contributed by atoms with Crippen molar-refractivity contribution in [2.45, 2.75) is 34.8 Å². The first kappa shape index (κ1) is 14.6. The molecule has 1 nitrogen and oxygen atoms in total. The molecule has 0 amide bonds. The van der Waals surface area contributed by atoms with Gasteiger partial charge in [0.1, 0.15) is 11.5 Å². The van der Waals surface area contributed by atoms with E-state index in [1.807, 2.05) is 0 Å². The number of fused-ring (bicyclic) bond motifs is 2. The van der Waals surface area contributed by atoms with Crippen molar-refractivity contribution >= 4 is 10.0 Å². The lowest BCUT2D eigenvalue weighted by molar-refractivity contribution is 0.450. The van der Waals surface area contributed by atoms with Gasteiger partial charge in [0.05, 0.1) is 0 Å². The molecule has 0 saturated carbocycles. The second kappa shape index (κ2) is 5.31. The molecule has 23 heavy (non-hydrogen) atoms. The van der Waals surface area contributed by atoms with Gasteiger partial charge in [-0.15, -0.1) is 0 Å². The predicted molar refractivity (Wildman–Crippen MR) is 98.9 cm³/mol. The first-order chi connectivity index (χ1) is 11.2. The number of rotatable bonds is 2. The third-order valence-corrected chi connectivity index (χ3v) is 10.1. The van der Waals surface area contributed by atoms with Crippen molar-refractivity contribution in [2.75, 3.05) is 5.75 Å². The van der Waals surface area contributed by atoms with Crippen molar-refractivity contribution in [2.24, 2.45) is 0 Å². The van der Waals surface area contributed by atoms with Gasteiger partial charge in [0.15, 0.2) is 0 Å². The minimum absolute atomic E-state index is 0.118. The summed E-state index contributed by atoms with van der Waals surface area (Å²) in [4.78, 5) is 2.78. The van der Waals surface area contributed by atoms with E-state index < -0.39 is 10.0 Å². The van der Waals surface area contributed by atoms with Crippen molar-refractivity contribution < 1.29 is 4.74 Å². The molecule has 1 unspecified atom stereocenters. The molecule has 0 N–H and O–H groups in total. The maximum Gasteiger partial charge on any atom is 0.139 e. The largest absolute Gasteiger partial charge is 0.455 e. The van der Waals surface area contributed by atoms with Crippen LogP contribution in [0.3, 0.4) is 0 Å². The molecule has 4 rings (SSSR count).